The Morgan fingerprint density at radius 1 is 1.11 bits per heavy atom. The quantitative estimate of drug-likeness (QED) is 0.142. The molecular formula is C27H20BrCl2NO5S2. The minimum atomic E-state index is -0.992. The molecule has 11 heteroatoms. The zero-order chi connectivity index (χ0) is 27.4. The topological polar surface area (TPSA) is 65.1 Å². The summed E-state index contributed by atoms with van der Waals surface area (Å²) in [7, 11) is 2.79. The van der Waals surface area contributed by atoms with Crippen LogP contribution in [0.15, 0.2) is 70.0 Å². The summed E-state index contributed by atoms with van der Waals surface area (Å²) in [6.45, 7) is 0.125. The fraction of sp³-hybridized carbons (Fsp3) is 0.148. The first-order valence-corrected chi connectivity index (χ1v) is 13.9. The number of carbonyl (C=O) groups excluding carboxylic acids is 2. The molecule has 1 saturated heterocycles. The lowest BCUT2D eigenvalue weighted by Crippen LogP contribution is -2.37. The van der Waals surface area contributed by atoms with Crippen LogP contribution in [0.4, 0.5) is 0 Å². The van der Waals surface area contributed by atoms with Crippen LogP contribution in [0.2, 0.25) is 10.0 Å². The molecule has 0 spiro atoms. The summed E-state index contributed by atoms with van der Waals surface area (Å²) in [4.78, 5) is 27.7. The summed E-state index contributed by atoms with van der Waals surface area (Å²) < 4.78 is 17.4. The van der Waals surface area contributed by atoms with Crippen LogP contribution in [0.25, 0.3) is 6.08 Å². The third-order valence-electron chi connectivity index (χ3n) is 5.59. The fourth-order valence-electron chi connectivity index (χ4n) is 3.77. The number of nitrogens with zero attached hydrogens (tertiary/aromatic N) is 1. The highest BCUT2D eigenvalue weighted by Gasteiger charge is 2.41. The summed E-state index contributed by atoms with van der Waals surface area (Å²) in [5.41, 5.74) is 1.91. The van der Waals surface area contributed by atoms with Crippen LogP contribution in [-0.2, 0) is 20.9 Å². The molecule has 0 aromatic heterocycles. The molecule has 0 N–H and O–H groups in total. The van der Waals surface area contributed by atoms with E-state index in [4.69, 9.17) is 49.6 Å². The highest BCUT2D eigenvalue weighted by molar-refractivity contribution is 9.10. The molecule has 0 bridgehead atoms. The van der Waals surface area contributed by atoms with E-state index in [0.29, 0.717) is 47.6 Å². The third kappa shape index (κ3) is 6.02. The van der Waals surface area contributed by atoms with E-state index in [1.54, 1.807) is 60.7 Å². The van der Waals surface area contributed by atoms with Crippen LogP contribution < -0.4 is 9.47 Å². The lowest BCUT2D eigenvalue weighted by atomic mass is 10.1. The molecule has 0 aliphatic carbocycles. The van der Waals surface area contributed by atoms with Crippen molar-refractivity contribution in [3.8, 4) is 11.5 Å². The van der Waals surface area contributed by atoms with Gasteiger partial charge in [0.1, 0.15) is 10.9 Å². The zero-order valence-electron chi connectivity index (χ0n) is 20.1. The van der Waals surface area contributed by atoms with Crippen molar-refractivity contribution in [2.75, 3.05) is 14.2 Å². The van der Waals surface area contributed by atoms with Gasteiger partial charge in [-0.15, -0.1) is 0 Å². The summed E-state index contributed by atoms with van der Waals surface area (Å²) >= 11 is 22.7. The van der Waals surface area contributed by atoms with Crippen LogP contribution in [0.5, 0.6) is 11.5 Å². The number of carbonyl (C=O) groups is 2. The molecule has 38 heavy (non-hydrogen) atoms. The van der Waals surface area contributed by atoms with Gasteiger partial charge >= 0.3 is 5.97 Å². The second kappa shape index (κ2) is 12.5. The molecule has 1 aliphatic rings. The van der Waals surface area contributed by atoms with Crippen LogP contribution in [0, 0.1) is 0 Å². The number of methoxy groups -OCH3 is 2. The second-order valence-electron chi connectivity index (χ2n) is 7.91. The first-order valence-electron chi connectivity index (χ1n) is 11.1. The van der Waals surface area contributed by atoms with Gasteiger partial charge in [-0.25, -0.2) is 4.79 Å². The third-order valence-corrected chi connectivity index (χ3v) is 8.22. The predicted molar refractivity (Wildman–Crippen MR) is 158 cm³/mol. The van der Waals surface area contributed by atoms with E-state index < -0.39 is 17.9 Å². The molecule has 1 atom stereocenters. The van der Waals surface area contributed by atoms with Crippen molar-refractivity contribution < 1.29 is 23.8 Å². The molecule has 0 radical (unpaired) electrons. The monoisotopic (exact) mass is 651 g/mol. The standard InChI is InChI=1S/C27H20BrCl2NO5S2/c1-34-21-12-15(11-18(28)24(21)36-14-17-19(29)9-6-10-20(17)30)13-22-25(32)31(27(37)38-22)23(26(33)35-2)16-7-4-3-5-8-16/h3-13,23H,14H2,1-2H3/b22-13-. The molecule has 1 aliphatic heterocycles. The molecule has 1 heterocycles. The van der Waals surface area contributed by atoms with Gasteiger partial charge in [0.05, 0.1) is 23.6 Å². The molecule has 1 unspecified atom stereocenters. The molecule has 1 amide bonds. The van der Waals surface area contributed by atoms with Gasteiger partial charge in [-0.2, -0.15) is 0 Å². The van der Waals surface area contributed by atoms with Gasteiger partial charge in [-0.1, -0.05) is 83.6 Å². The number of thiocarbonyl (C=S) groups is 1. The lowest BCUT2D eigenvalue weighted by molar-refractivity contribution is -0.148. The average molecular weight is 653 g/mol. The minimum Gasteiger partial charge on any atom is -0.493 e. The van der Waals surface area contributed by atoms with Crippen LogP contribution in [0.1, 0.15) is 22.7 Å². The van der Waals surface area contributed by atoms with Crippen molar-refractivity contribution in [2.45, 2.75) is 12.6 Å². The van der Waals surface area contributed by atoms with E-state index in [9.17, 15) is 9.59 Å². The number of rotatable bonds is 8. The summed E-state index contributed by atoms with van der Waals surface area (Å²) in [5, 5.41) is 0.985. The molecular weight excluding hydrogens is 633 g/mol. The van der Waals surface area contributed by atoms with Crippen molar-refractivity contribution >= 4 is 85.4 Å². The highest BCUT2D eigenvalue weighted by atomic mass is 79.9. The van der Waals surface area contributed by atoms with Crippen molar-refractivity contribution in [1.82, 2.24) is 4.90 Å². The number of thioether (sulfide) groups is 1. The van der Waals surface area contributed by atoms with Crippen LogP contribution in [-0.4, -0.2) is 35.3 Å². The van der Waals surface area contributed by atoms with E-state index in [0.717, 1.165) is 11.8 Å². The lowest BCUT2D eigenvalue weighted by Gasteiger charge is -2.24. The van der Waals surface area contributed by atoms with E-state index in [1.807, 2.05) is 6.07 Å². The Balaban J connectivity index is 1.62. The number of halogens is 3. The Hall–Kier alpha value is -2.56. The van der Waals surface area contributed by atoms with Crippen molar-refractivity contribution in [1.29, 1.82) is 0 Å². The summed E-state index contributed by atoms with van der Waals surface area (Å²) in [5.74, 6) is -0.106. The van der Waals surface area contributed by atoms with E-state index in [2.05, 4.69) is 15.9 Å². The normalized spacial score (nSPS) is 15.1. The number of ether oxygens (including phenoxy) is 3. The van der Waals surface area contributed by atoms with Gasteiger partial charge in [-0.3, -0.25) is 9.69 Å². The van der Waals surface area contributed by atoms with Gasteiger partial charge in [0, 0.05) is 15.6 Å². The van der Waals surface area contributed by atoms with Crippen molar-refractivity contribution in [3.05, 3.63) is 96.8 Å². The van der Waals surface area contributed by atoms with Gasteiger partial charge in [-0.05, 0) is 57.4 Å². The number of hydrogen-bond acceptors (Lipinski definition) is 7. The SMILES string of the molecule is COC(=O)C(c1ccccc1)N1C(=O)/C(=C/c2cc(Br)c(OCc3c(Cl)cccc3Cl)c(OC)c2)SC1=S. The van der Waals surface area contributed by atoms with E-state index in [1.165, 1.54) is 19.1 Å². The van der Waals surface area contributed by atoms with E-state index >= 15 is 0 Å². The number of esters is 1. The number of amides is 1. The molecule has 3 aromatic rings. The average Bonchev–Trinajstić information content (AvgIpc) is 3.17. The molecule has 6 nitrogen and oxygen atoms in total. The molecule has 0 saturated carbocycles. The Morgan fingerprint density at radius 3 is 2.42 bits per heavy atom. The molecule has 1 fully saturated rings. The molecule has 196 valence electrons. The van der Waals surface area contributed by atoms with Crippen LogP contribution >= 0.6 is 63.1 Å². The maximum Gasteiger partial charge on any atom is 0.333 e. The van der Waals surface area contributed by atoms with Gasteiger partial charge < -0.3 is 14.2 Å². The largest absolute Gasteiger partial charge is 0.493 e. The first-order chi connectivity index (χ1) is 18.2. The number of hydrogen-bond donors (Lipinski definition) is 0. The van der Waals surface area contributed by atoms with Gasteiger partial charge in [0.2, 0.25) is 0 Å². The Kier molecular flexibility index (Phi) is 9.38. The minimum absolute atomic E-state index is 0.125. The molecule has 3 aromatic carbocycles. The first kappa shape index (κ1) is 28.4. The maximum absolute atomic E-state index is 13.4. The van der Waals surface area contributed by atoms with Crippen molar-refractivity contribution in [2.24, 2.45) is 0 Å². The second-order valence-corrected chi connectivity index (χ2v) is 11.3. The van der Waals surface area contributed by atoms with Crippen molar-refractivity contribution in [3.63, 3.8) is 0 Å². The van der Waals surface area contributed by atoms with Gasteiger partial charge in [0.15, 0.2) is 17.5 Å². The smallest absolute Gasteiger partial charge is 0.333 e. The zero-order valence-corrected chi connectivity index (χ0v) is 24.8. The van der Waals surface area contributed by atoms with Crippen LogP contribution in [0.3, 0.4) is 0 Å². The van der Waals surface area contributed by atoms with E-state index in [-0.39, 0.29) is 10.9 Å². The summed E-state index contributed by atoms with van der Waals surface area (Å²) in [6, 6.07) is 16.6. The fourth-order valence-corrected chi connectivity index (χ4v) is 6.16. The van der Waals surface area contributed by atoms with Gasteiger partial charge in [0.25, 0.3) is 5.91 Å². The Morgan fingerprint density at radius 2 is 1.79 bits per heavy atom. The number of benzene rings is 3. The Bertz CT molecular complexity index is 1410. The predicted octanol–water partition coefficient (Wildman–Crippen LogP) is 7.46. The molecule has 4 rings (SSSR count). The maximum atomic E-state index is 13.4. The Labute approximate surface area is 248 Å². The summed E-state index contributed by atoms with van der Waals surface area (Å²) in [6.07, 6.45) is 1.68. The highest BCUT2D eigenvalue weighted by Crippen LogP contribution is 2.42.